The van der Waals surface area contributed by atoms with Crippen LogP contribution in [0.2, 0.25) is 0 Å². The zero-order valence-corrected chi connectivity index (χ0v) is 12.3. The van der Waals surface area contributed by atoms with Gasteiger partial charge in [-0.15, -0.1) is 0 Å². The van der Waals surface area contributed by atoms with E-state index >= 15 is 0 Å². The Morgan fingerprint density at radius 1 is 1.28 bits per heavy atom. The maximum atomic E-state index is 5.97. The summed E-state index contributed by atoms with van der Waals surface area (Å²) in [5.41, 5.74) is 7.82. The number of aromatic nitrogens is 1. The number of likely N-dealkylation sites (N-methyl/N-ethyl adjacent to an activating group) is 1. The number of pyridine rings is 1. The minimum absolute atomic E-state index is 0.608. The molecule has 0 radical (unpaired) electrons. The van der Waals surface area contributed by atoms with E-state index < -0.39 is 0 Å². The second kappa shape index (κ2) is 6.59. The van der Waals surface area contributed by atoms with Crippen molar-refractivity contribution in [3.63, 3.8) is 0 Å². The summed E-state index contributed by atoms with van der Waals surface area (Å²) in [5.74, 6) is 1.59. The summed E-state index contributed by atoms with van der Waals surface area (Å²) in [7, 11) is 4.18. The van der Waals surface area contributed by atoms with Gasteiger partial charge in [-0.05, 0) is 32.5 Å². The topological polar surface area (TPSA) is 45.4 Å². The standard InChI is InChI=1S/C14H26N4/c1-11(2)10-18(7-6-17(4)5)14-8-13(15)12(3)9-16-14/h8-9,11H,6-7,10H2,1-5H3,(H2,15,16). The van der Waals surface area contributed by atoms with Crippen LogP contribution < -0.4 is 10.6 Å². The maximum Gasteiger partial charge on any atom is 0.130 e. The normalized spacial score (nSPS) is 11.3. The summed E-state index contributed by atoms with van der Waals surface area (Å²) in [6.45, 7) is 9.42. The van der Waals surface area contributed by atoms with Gasteiger partial charge in [0.2, 0.25) is 0 Å². The molecule has 18 heavy (non-hydrogen) atoms. The molecule has 0 amide bonds. The summed E-state index contributed by atoms with van der Waals surface area (Å²) < 4.78 is 0. The highest BCUT2D eigenvalue weighted by molar-refractivity contribution is 5.54. The second-order valence-corrected chi connectivity index (χ2v) is 5.54. The van der Waals surface area contributed by atoms with E-state index in [1.165, 1.54) is 0 Å². The molecule has 0 bridgehead atoms. The van der Waals surface area contributed by atoms with Gasteiger partial charge in [0.1, 0.15) is 5.82 Å². The quantitative estimate of drug-likeness (QED) is 0.839. The SMILES string of the molecule is Cc1cnc(N(CCN(C)C)CC(C)C)cc1N. The molecule has 0 aliphatic heterocycles. The van der Waals surface area contributed by atoms with Gasteiger partial charge in [-0.25, -0.2) is 4.98 Å². The molecule has 0 unspecified atom stereocenters. The van der Waals surface area contributed by atoms with E-state index in [2.05, 4.69) is 42.7 Å². The van der Waals surface area contributed by atoms with Crippen LogP contribution in [0, 0.1) is 12.8 Å². The molecule has 1 heterocycles. The van der Waals surface area contributed by atoms with Crippen LogP contribution in [0.25, 0.3) is 0 Å². The van der Waals surface area contributed by atoms with Crippen molar-refractivity contribution in [2.45, 2.75) is 20.8 Å². The molecule has 0 aromatic carbocycles. The number of anilines is 2. The molecule has 0 fully saturated rings. The lowest BCUT2D eigenvalue weighted by molar-refractivity contribution is 0.408. The zero-order valence-electron chi connectivity index (χ0n) is 12.3. The molecule has 0 atom stereocenters. The Morgan fingerprint density at radius 3 is 2.44 bits per heavy atom. The van der Waals surface area contributed by atoms with E-state index in [0.717, 1.165) is 36.7 Å². The highest BCUT2D eigenvalue weighted by Crippen LogP contribution is 2.18. The third-order valence-corrected chi connectivity index (χ3v) is 2.86. The van der Waals surface area contributed by atoms with Crippen LogP contribution in [0.15, 0.2) is 12.3 Å². The predicted molar refractivity (Wildman–Crippen MR) is 79.0 cm³/mol. The number of nitrogens with two attached hydrogens (primary N) is 1. The van der Waals surface area contributed by atoms with Gasteiger partial charge in [0.15, 0.2) is 0 Å². The lowest BCUT2D eigenvalue weighted by Crippen LogP contribution is -2.35. The molecule has 1 rings (SSSR count). The average molecular weight is 250 g/mol. The summed E-state index contributed by atoms with van der Waals surface area (Å²) in [5, 5.41) is 0. The number of nitrogen functional groups attached to an aromatic ring is 1. The van der Waals surface area contributed by atoms with Crippen LogP contribution in [-0.2, 0) is 0 Å². The Bertz CT molecular complexity index is 374. The van der Waals surface area contributed by atoms with Gasteiger partial charge in [-0.1, -0.05) is 13.8 Å². The van der Waals surface area contributed by atoms with Crippen LogP contribution in [0.4, 0.5) is 11.5 Å². The lowest BCUT2D eigenvalue weighted by atomic mass is 10.2. The Labute approximate surface area is 111 Å². The van der Waals surface area contributed by atoms with E-state index in [1.54, 1.807) is 0 Å². The number of hydrogen-bond acceptors (Lipinski definition) is 4. The summed E-state index contributed by atoms with van der Waals surface area (Å²) in [6.07, 6.45) is 1.85. The van der Waals surface area contributed by atoms with E-state index in [-0.39, 0.29) is 0 Å². The van der Waals surface area contributed by atoms with Crippen molar-refractivity contribution in [2.75, 3.05) is 44.4 Å². The molecular formula is C14H26N4. The average Bonchev–Trinajstić information content (AvgIpc) is 2.27. The summed E-state index contributed by atoms with van der Waals surface area (Å²) in [6, 6.07) is 1.98. The van der Waals surface area contributed by atoms with E-state index in [0.29, 0.717) is 5.92 Å². The van der Waals surface area contributed by atoms with Gasteiger partial charge < -0.3 is 15.5 Å². The second-order valence-electron chi connectivity index (χ2n) is 5.54. The van der Waals surface area contributed by atoms with Crippen LogP contribution >= 0.6 is 0 Å². The highest BCUT2D eigenvalue weighted by atomic mass is 15.2. The summed E-state index contributed by atoms with van der Waals surface area (Å²) in [4.78, 5) is 8.99. The molecular weight excluding hydrogens is 224 g/mol. The lowest BCUT2D eigenvalue weighted by Gasteiger charge is -2.27. The fraction of sp³-hybridized carbons (Fsp3) is 0.643. The van der Waals surface area contributed by atoms with Gasteiger partial charge in [0.25, 0.3) is 0 Å². The fourth-order valence-electron chi connectivity index (χ4n) is 1.76. The van der Waals surface area contributed by atoms with E-state index in [1.807, 2.05) is 19.2 Å². The third kappa shape index (κ3) is 4.53. The molecule has 2 N–H and O–H groups in total. The van der Waals surface area contributed by atoms with E-state index in [4.69, 9.17) is 5.73 Å². The zero-order chi connectivity index (χ0) is 13.7. The molecule has 1 aromatic rings. The molecule has 0 saturated heterocycles. The molecule has 0 saturated carbocycles. The van der Waals surface area contributed by atoms with Crippen molar-refractivity contribution in [1.82, 2.24) is 9.88 Å². The van der Waals surface area contributed by atoms with Crippen LogP contribution in [0.1, 0.15) is 19.4 Å². The maximum absolute atomic E-state index is 5.97. The first kappa shape index (κ1) is 14.8. The molecule has 0 aliphatic carbocycles. The first-order valence-electron chi connectivity index (χ1n) is 6.52. The molecule has 0 aliphatic rings. The summed E-state index contributed by atoms with van der Waals surface area (Å²) >= 11 is 0. The van der Waals surface area contributed by atoms with Gasteiger partial charge in [0.05, 0.1) is 0 Å². The number of nitrogens with zero attached hydrogens (tertiary/aromatic N) is 3. The smallest absolute Gasteiger partial charge is 0.130 e. The fourth-order valence-corrected chi connectivity index (χ4v) is 1.76. The van der Waals surface area contributed by atoms with Crippen LogP contribution in [0.3, 0.4) is 0 Å². The Hall–Kier alpha value is -1.29. The predicted octanol–water partition coefficient (Wildman–Crippen LogP) is 2.00. The van der Waals surface area contributed by atoms with Crippen molar-refractivity contribution in [1.29, 1.82) is 0 Å². The first-order valence-corrected chi connectivity index (χ1v) is 6.52. The van der Waals surface area contributed by atoms with Crippen molar-refractivity contribution in [3.8, 4) is 0 Å². The van der Waals surface area contributed by atoms with Crippen molar-refractivity contribution in [3.05, 3.63) is 17.8 Å². The monoisotopic (exact) mass is 250 g/mol. The third-order valence-electron chi connectivity index (χ3n) is 2.86. The van der Waals surface area contributed by atoms with Gasteiger partial charge in [0, 0.05) is 37.6 Å². The van der Waals surface area contributed by atoms with Crippen LogP contribution in [-0.4, -0.2) is 43.6 Å². The Balaban J connectivity index is 2.83. The minimum Gasteiger partial charge on any atom is -0.398 e. The molecule has 0 spiro atoms. The highest BCUT2D eigenvalue weighted by Gasteiger charge is 2.11. The van der Waals surface area contributed by atoms with Crippen LogP contribution in [0.5, 0.6) is 0 Å². The van der Waals surface area contributed by atoms with Crippen molar-refractivity contribution < 1.29 is 0 Å². The largest absolute Gasteiger partial charge is 0.398 e. The van der Waals surface area contributed by atoms with Gasteiger partial charge in [-0.2, -0.15) is 0 Å². The van der Waals surface area contributed by atoms with Gasteiger partial charge >= 0.3 is 0 Å². The first-order chi connectivity index (χ1) is 8.40. The minimum atomic E-state index is 0.608. The Kier molecular flexibility index (Phi) is 5.41. The molecule has 1 aromatic heterocycles. The van der Waals surface area contributed by atoms with Crippen molar-refractivity contribution >= 4 is 11.5 Å². The number of aryl methyl sites for hydroxylation is 1. The van der Waals surface area contributed by atoms with E-state index in [9.17, 15) is 0 Å². The number of rotatable bonds is 6. The Morgan fingerprint density at radius 2 is 1.94 bits per heavy atom. The molecule has 102 valence electrons. The van der Waals surface area contributed by atoms with Gasteiger partial charge in [-0.3, -0.25) is 0 Å². The van der Waals surface area contributed by atoms with Crippen molar-refractivity contribution in [2.24, 2.45) is 5.92 Å². The molecule has 4 nitrogen and oxygen atoms in total. The molecule has 4 heteroatoms. The number of hydrogen-bond donors (Lipinski definition) is 1.